The number of methoxy groups -OCH3 is 2. The first-order chi connectivity index (χ1) is 17.0. The Morgan fingerprint density at radius 3 is 2.60 bits per heavy atom. The number of nitrogens with zero attached hydrogens (tertiary/aromatic N) is 2. The zero-order valence-electron chi connectivity index (χ0n) is 19.4. The van der Waals surface area contributed by atoms with Gasteiger partial charge in [-0.25, -0.2) is 0 Å². The Bertz CT molecular complexity index is 1290. The van der Waals surface area contributed by atoms with Gasteiger partial charge in [-0.2, -0.15) is 0 Å². The van der Waals surface area contributed by atoms with E-state index in [4.69, 9.17) is 13.9 Å². The first-order valence-electron chi connectivity index (χ1n) is 11.3. The fraction of sp³-hybridized carbons (Fsp3) is 0.269. The molecule has 0 bridgehead atoms. The first kappa shape index (κ1) is 22.5. The van der Waals surface area contributed by atoms with Crippen molar-refractivity contribution in [2.24, 2.45) is 0 Å². The predicted molar refractivity (Wildman–Crippen MR) is 126 cm³/mol. The van der Waals surface area contributed by atoms with Gasteiger partial charge < -0.3 is 24.1 Å². The van der Waals surface area contributed by atoms with Gasteiger partial charge in [-0.05, 0) is 36.8 Å². The standard InChI is InChI=1S/C26H25N3O6/c1-33-20-12-11-18-22(23(20)34-2)26(32)29-19-9-4-3-8-17(19)25(31)28(24(18)29)13-5-10-21(30)27-15-16-7-6-14-35-16/h3-4,6-9,11-12,14,24H,5,10,13,15H2,1-2H3,(H,27,30)/t24-/m1/s1. The van der Waals surface area contributed by atoms with Crippen LogP contribution in [0.5, 0.6) is 11.5 Å². The van der Waals surface area contributed by atoms with Crippen LogP contribution < -0.4 is 19.7 Å². The highest BCUT2D eigenvalue weighted by Gasteiger charge is 2.49. The first-order valence-corrected chi connectivity index (χ1v) is 11.3. The lowest BCUT2D eigenvalue weighted by molar-refractivity contribution is -0.121. The third-order valence-corrected chi connectivity index (χ3v) is 6.33. The summed E-state index contributed by atoms with van der Waals surface area (Å²) in [7, 11) is 3.00. The number of hydrogen-bond donors (Lipinski definition) is 1. The number of furan rings is 1. The second kappa shape index (κ2) is 9.17. The smallest absolute Gasteiger partial charge is 0.264 e. The van der Waals surface area contributed by atoms with Crippen LogP contribution in [0.15, 0.2) is 59.2 Å². The molecular weight excluding hydrogens is 450 g/mol. The molecule has 1 N–H and O–H groups in total. The molecule has 2 aromatic carbocycles. The summed E-state index contributed by atoms with van der Waals surface area (Å²) in [6.45, 7) is 0.603. The van der Waals surface area contributed by atoms with Crippen molar-refractivity contribution in [2.75, 3.05) is 25.7 Å². The number of carbonyl (C=O) groups is 3. The average molecular weight is 476 g/mol. The van der Waals surface area contributed by atoms with Crippen LogP contribution in [0, 0.1) is 0 Å². The molecule has 0 saturated carbocycles. The monoisotopic (exact) mass is 475 g/mol. The van der Waals surface area contributed by atoms with Gasteiger partial charge in [0.1, 0.15) is 11.9 Å². The Hall–Kier alpha value is -4.27. The van der Waals surface area contributed by atoms with Gasteiger partial charge in [0.25, 0.3) is 11.8 Å². The molecule has 1 atom stereocenters. The van der Waals surface area contributed by atoms with Crippen molar-refractivity contribution >= 4 is 23.4 Å². The van der Waals surface area contributed by atoms with E-state index in [2.05, 4.69) is 5.32 Å². The number of para-hydroxylation sites is 1. The van der Waals surface area contributed by atoms with Crippen molar-refractivity contribution in [1.82, 2.24) is 10.2 Å². The second-order valence-corrected chi connectivity index (χ2v) is 8.29. The van der Waals surface area contributed by atoms with Gasteiger partial charge in [-0.1, -0.05) is 18.2 Å². The lowest BCUT2D eigenvalue weighted by Gasteiger charge is -2.41. The molecule has 180 valence electrons. The van der Waals surface area contributed by atoms with Crippen LogP contribution >= 0.6 is 0 Å². The molecule has 5 rings (SSSR count). The molecule has 0 spiro atoms. The van der Waals surface area contributed by atoms with Crippen LogP contribution in [0.3, 0.4) is 0 Å². The molecule has 0 unspecified atom stereocenters. The van der Waals surface area contributed by atoms with Gasteiger partial charge in [0.15, 0.2) is 11.5 Å². The van der Waals surface area contributed by atoms with E-state index >= 15 is 0 Å². The molecule has 9 heteroatoms. The Labute approximate surface area is 202 Å². The quantitative estimate of drug-likeness (QED) is 0.535. The Morgan fingerprint density at radius 1 is 1.03 bits per heavy atom. The summed E-state index contributed by atoms with van der Waals surface area (Å²) in [5, 5.41) is 2.82. The zero-order valence-corrected chi connectivity index (χ0v) is 19.4. The molecule has 2 aliphatic heterocycles. The molecule has 0 saturated heterocycles. The maximum atomic E-state index is 13.7. The van der Waals surface area contributed by atoms with Gasteiger partial charge in [0.05, 0.1) is 43.8 Å². The minimum atomic E-state index is -0.633. The molecule has 0 fully saturated rings. The summed E-state index contributed by atoms with van der Waals surface area (Å²) in [6, 6.07) is 14.1. The minimum Gasteiger partial charge on any atom is -0.493 e. The van der Waals surface area contributed by atoms with Crippen LogP contribution in [-0.2, 0) is 11.3 Å². The summed E-state index contributed by atoms with van der Waals surface area (Å²) in [5.41, 5.74) is 2.04. The fourth-order valence-corrected chi connectivity index (χ4v) is 4.75. The van der Waals surface area contributed by atoms with Gasteiger partial charge in [0.2, 0.25) is 5.91 Å². The minimum absolute atomic E-state index is 0.141. The van der Waals surface area contributed by atoms with Crippen LogP contribution in [-0.4, -0.2) is 43.4 Å². The highest BCUT2D eigenvalue weighted by molar-refractivity contribution is 6.18. The van der Waals surface area contributed by atoms with E-state index < -0.39 is 6.17 Å². The van der Waals surface area contributed by atoms with Crippen molar-refractivity contribution < 1.29 is 28.3 Å². The molecule has 0 aliphatic carbocycles. The van der Waals surface area contributed by atoms with E-state index in [-0.39, 0.29) is 24.1 Å². The zero-order chi connectivity index (χ0) is 24.5. The molecule has 35 heavy (non-hydrogen) atoms. The van der Waals surface area contributed by atoms with Gasteiger partial charge >= 0.3 is 0 Å². The molecule has 2 aliphatic rings. The molecular formula is C26H25N3O6. The average Bonchev–Trinajstić information content (AvgIpc) is 3.50. The van der Waals surface area contributed by atoms with Crippen molar-refractivity contribution in [3.05, 3.63) is 77.2 Å². The summed E-state index contributed by atoms with van der Waals surface area (Å²) < 4.78 is 16.2. The summed E-state index contributed by atoms with van der Waals surface area (Å²) in [4.78, 5) is 42.8. The lowest BCUT2D eigenvalue weighted by atomic mass is 10.0. The van der Waals surface area contributed by atoms with E-state index in [1.807, 2.05) is 0 Å². The van der Waals surface area contributed by atoms with Crippen LogP contribution in [0.2, 0.25) is 0 Å². The SMILES string of the molecule is COc1ccc2c(c1OC)C(=O)N1c3ccccc3C(=O)N(CCCC(=O)NCc3ccco3)[C@@H]21. The van der Waals surface area contributed by atoms with Crippen molar-refractivity contribution in [3.63, 3.8) is 0 Å². The van der Waals surface area contributed by atoms with Crippen molar-refractivity contribution in [3.8, 4) is 11.5 Å². The Balaban J connectivity index is 1.42. The lowest BCUT2D eigenvalue weighted by Crippen LogP contribution is -2.48. The molecule has 9 nitrogen and oxygen atoms in total. The molecule has 0 radical (unpaired) electrons. The summed E-state index contributed by atoms with van der Waals surface area (Å²) >= 11 is 0. The number of fused-ring (bicyclic) bond motifs is 5. The molecule has 3 aromatic rings. The highest BCUT2D eigenvalue weighted by atomic mass is 16.5. The number of rotatable bonds is 8. The number of nitrogens with one attached hydrogen (secondary N) is 1. The maximum absolute atomic E-state index is 13.7. The molecule has 3 amide bonds. The summed E-state index contributed by atoms with van der Waals surface area (Å²) in [5.74, 6) is 0.861. The third kappa shape index (κ3) is 3.78. The summed E-state index contributed by atoms with van der Waals surface area (Å²) in [6.07, 6.45) is 1.58. The number of amides is 3. The third-order valence-electron chi connectivity index (χ3n) is 6.33. The second-order valence-electron chi connectivity index (χ2n) is 8.29. The number of ether oxygens (including phenoxy) is 2. The van der Waals surface area contributed by atoms with Crippen LogP contribution in [0.25, 0.3) is 0 Å². The number of carbonyl (C=O) groups excluding carboxylic acids is 3. The van der Waals surface area contributed by atoms with Crippen LogP contribution in [0.4, 0.5) is 5.69 Å². The van der Waals surface area contributed by atoms with E-state index in [9.17, 15) is 14.4 Å². The maximum Gasteiger partial charge on any atom is 0.264 e. The Kier molecular flexibility index (Phi) is 5.90. The van der Waals surface area contributed by atoms with E-state index in [1.54, 1.807) is 64.6 Å². The van der Waals surface area contributed by atoms with Gasteiger partial charge in [-0.15, -0.1) is 0 Å². The molecule has 3 heterocycles. The predicted octanol–water partition coefficient (Wildman–Crippen LogP) is 3.51. The largest absolute Gasteiger partial charge is 0.493 e. The van der Waals surface area contributed by atoms with E-state index in [0.29, 0.717) is 59.1 Å². The number of benzene rings is 2. The normalized spacial score (nSPS) is 16.0. The van der Waals surface area contributed by atoms with Crippen molar-refractivity contribution in [2.45, 2.75) is 25.6 Å². The van der Waals surface area contributed by atoms with E-state index in [0.717, 1.165) is 0 Å². The fourth-order valence-electron chi connectivity index (χ4n) is 4.75. The van der Waals surface area contributed by atoms with Crippen LogP contribution in [0.1, 0.15) is 51.0 Å². The topological polar surface area (TPSA) is 101 Å². The number of anilines is 1. The van der Waals surface area contributed by atoms with Gasteiger partial charge in [-0.3, -0.25) is 19.3 Å². The Morgan fingerprint density at radius 2 is 1.86 bits per heavy atom. The highest BCUT2D eigenvalue weighted by Crippen LogP contribution is 2.49. The van der Waals surface area contributed by atoms with Gasteiger partial charge in [0, 0.05) is 18.5 Å². The van der Waals surface area contributed by atoms with Crippen molar-refractivity contribution in [1.29, 1.82) is 0 Å². The van der Waals surface area contributed by atoms with E-state index in [1.165, 1.54) is 14.2 Å². The molecule has 1 aromatic heterocycles. The number of hydrogen-bond acceptors (Lipinski definition) is 6.